The number of rotatable bonds is 0. The van der Waals surface area contributed by atoms with Gasteiger partial charge in [0.25, 0.3) is 0 Å². The molecule has 2 aromatic rings. The molecule has 6 nitrogen and oxygen atoms in total. The van der Waals surface area contributed by atoms with Crippen molar-refractivity contribution in [3.05, 3.63) is 18.7 Å². The van der Waals surface area contributed by atoms with Crippen LogP contribution >= 0.6 is 0 Å². The summed E-state index contributed by atoms with van der Waals surface area (Å²) < 4.78 is 1.63. The normalized spacial score (nSPS) is 19.0. The highest BCUT2D eigenvalue weighted by atomic mass is 16.3. The Bertz CT molecular complexity index is 445. The van der Waals surface area contributed by atoms with Gasteiger partial charge in [0.05, 0.1) is 6.33 Å². The second-order valence-electron chi connectivity index (χ2n) is 2.80. The third kappa shape index (κ3) is 0.748. The molecule has 0 radical (unpaired) electrons. The van der Waals surface area contributed by atoms with E-state index in [1.807, 2.05) is 0 Å². The van der Waals surface area contributed by atoms with Crippen molar-refractivity contribution in [3.63, 3.8) is 0 Å². The van der Waals surface area contributed by atoms with Gasteiger partial charge in [-0.1, -0.05) is 0 Å². The predicted octanol–water partition coefficient (Wildman–Crippen LogP) is 0.147. The Labute approximate surface area is 73.3 Å². The maximum Gasteiger partial charge on any atom is 0.211 e. The van der Waals surface area contributed by atoms with Crippen LogP contribution in [0.15, 0.2) is 18.7 Å². The molecule has 0 fully saturated rings. The minimum atomic E-state index is -0.784. The minimum Gasteiger partial charge on any atom is -0.356 e. The Morgan fingerprint density at radius 2 is 2.38 bits per heavy atom. The molecule has 0 aromatic carbocycles. The van der Waals surface area contributed by atoms with Gasteiger partial charge in [-0.25, -0.2) is 9.97 Å². The van der Waals surface area contributed by atoms with Crippen LogP contribution in [-0.4, -0.2) is 24.6 Å². The molecule has 1 unspecified atom stereocenters. The van der Waals surface area contributed by atoms with Crippen molar-refractivity contribution in [1.82, 2.24) is 19.5 Å². The van der Waals surface area contributed by atoms with Gasteiger partial charge in [-0.2, -0.15) is 0 Å². The van der Waals surface area contributed by atoms with Crippen LogP contribution < -0.4 is 5.32 Å². The number of aromatic amines is 1. The molecule has 0 amide bonds. The van der Waals surface area contributed by atoms with Crippen molar-refractivity contribution in [2.24, 2.45) is 0 Å². The second-order valence-corrected chi connectivity index (χ2v) is 2.80. The summed E-state index contributed by atoms with van der Waals surface area (Å²) in [4.78, 5) is 11.1. The molecule has 0 aliphatic carbocycles. The fourth-order valence-corrected chi connectivity index (χ4v) is 1.47. The van der Waals surface area contributed by atoms with Crippen molar-refractivity contribution < 1.29 is 5.11 Å². The molecule has 1 atom stereocenters. The van der Waals surface area contributed by atoms with Gasteiger partial charge in [-0.15, -0.1) is 0 Å². The highest BCUT2D eigenvalue weighted by Crippen LogP contribution is 2.30. The molecule has 1 aliphatic heterocycles. The Hall–Kier alpha value is -1.82. The summed E-state index contributed by atoms with van der Waals surface area (Å²) in [6, 6.07) is 0. The number of fused-ring (bicyclic) bond motifs is 3. The molecule has 3 heterocycles. The summed E-state index contributed by atoms with van der Waals surface area (Å²) >= 11 is 0. The first-order valence-corrected chi connectivity index (χ1v) is 3.87. The van der Waals surface area contributed by atoms with Crippen molar-refractivity contribution in [1.29, 1.82) is 0 Å². The zero-order valence-electron chi connectivity index (χ0n) is 6.60. The van der Waals surface area contributed by atoms with Crippen LogP contribution in [0.5, 0.6) is 0 Å². The largest absolute Gasteiger partial charge is 0.356 e. The van der Waals surface area contributed by atoms with E-state index in [0.717, 1.165) is 5.69 Å². The minimum absolute atomic E-state index is 0.631. The predicted molar refractivity (Wildman–Crippen MR) is 44.7 cm³/mol. The molecule has 0 bridgehead atoms. The van der Waals surface area contributed by atoms with Crippen molar-refractivity contribution in [2.75, 3.05) is 5.32 Å². The SMILES string of the molecule is OC1Nc2nc[nH]c2-c2nccn21. The number of nitrogens with one attached hydrogen (secondary N) is 2. The Morgan fingerprint density at radius 3 is 3.31 bits per heavy atom. The molecule has 0 spiro atoms. The average molecular weight is 177 g/mol. The van der Waals surface area contributed by atoms with E-state index in [0.29, 0.717) is 11.6 Å². The maximum atomic E-state index is 9.57. The lowest BCUT2D eigenvalue weighted by Crippen LogP contribution is -2.22. The van der Waals surface area contributed by atoms with E-state index in [-0.39, 0.29) is 0 Å². The number of aliphatic hydroxyl groups is 1. The summed E-state index contributed by atoms with van der Waals surface area (Å²) in [6.07, 6.45) is 4.12. The third-order valence-corrected chi connectivity index (χ3v) is 2.06. The average Bonchev–Trinajstić information content (AvgIpc) is 2.66. The van der Waals surface area contributed by atoms with Gasteiger partial charge >= 0.3 is 0 Å². The topological polar surface area (TPSA) is 78.8 Å². The van der Waals surface area contributed by atoms with Crippen molar-refractivity contribution >= 4 is 5.82 Å². The van der Waals surface area contributed by atoms with Gasteiger partial charge in [0, 0.05) is 12.4 Å². The maximum absolute atomic E-state index is 9.57. The third-order valence-electron chi connectivity index (χ3n) is 2.06. The van der Waals surface area contributed by atoms with E-state index in [2.05, 4.69) is 20.3 Å². The first-order valence-electron chi connectivity index (χ1n) is 3.87. The van der Waals surface area contributed by atoms with Crippen LogP contribution in [0.1, 0.15) is 6.35 Å². The first-order chi connectivity index (χ1) is 6.36. The number of hydrogen-bond acceptors (Lipinski definition) is 4. The summed E-state index contributed by atoms with van der Waals surface area (Å²) in [5.74, 6) is 1.32. The number of H-pyrrole nitrogens is 1. The number of hydrogen-bond donors (Lipinski definition) is 3. The molecular formula is C7H7N5O. The molecule has 2 aromatic heterocycles. The van der Waals surface area contributed by atoms with E-state index in [1.54, 1.807) is 23.3 Å². The lowest BCUT2D eigenvalue weighted by Gasteiger charge is -2.21. The lowest BCUT2D eigenvalue weighted by molar-refractivity contribution is 0.133. The van der Waals surface area contributed by atoms with Gasteiger partial charge < -0.3 is 15.4 Å². The number of aliphatic hydroxyl groups excluding tert-OH is 1. The van der Waals surface area contributed by atoms with Crippen molar-refractivity contribution in [3.8, 4) is 11.5 Å². The van der Waals surface area contributed by atoms with E-state index >= 15 is 0 Å². The van der Waals surface area contributed by atoms with Gasteiger partial charge in [-0.3, -0.25) is 4.57 Å². The highest BCUT2D eigenvalue weighted by molar-refractivity contribution is 5.68. The molecule has 0 saturated carbocycles. The van der Waals surface area contributed by atoms with Crippen LogP contribution in [0.25, 0.3) is 11.5 Å². The smallest absolute Gasteiger partial charge is 0.211 e. The Morgan fingerprint density at radius 1 is 1.46 bits per heavy atom. The van der Waals surface area contributed by atoms with Crippen molar-refractivity contribution in [2.45, 2.75) is 6.35 Å². The zero-order chi connectivity index (χ0) is 8.84. The van der Waals surface area contributed by atoms with Crippen LogP contribution in [0.4, 0.5) is 5.82 Å². The molecule has 3 rings (SSSR count). The number of nitrogens with zero attached hydrogens (tertiary/aromatic N) is 3. The number of aromatic nitrogens is 4. The van der Waals surface area contributed by atoms with Gasteiger partial charge in [0.2, 0.25) is 6.35 Å². The zero-order valence-corrected chi connectivity index (χ0v) is 6.60. The quantitative estimate of drug-likeness (QED) is 0.535. The number of anilines is 1. The molecular weight excluding hydrogens is 170 g/mol. The van der Waals surface area contributed by atoms with Gasteiger partial charge in [0.1, 0.15) is 5.69 Å². The summed E-state index contributed by atoms with van der Waals surface area (Å²) in [5.41, 5.74) is 0.801. The van der Waals surface area contributed by atoms with Crippen LogP contribution in [-0.2, 0) is 0 Å². The highest BCUT2D eigenvalue weighted by Gasteiger charge is 2.23. The van der Waals surface area contributed by atoms with E-state index in [4.69, 9.17) is 0 Å². The summed E-state index contributed by atoms with van der Waals surface area (Å²) in [5, 5.41) is 12.4. The van der Waals surface area contributed by atoms with E-state index < -0.39 is 6.35 Å². The molecule has 13 heavy (non-hydrogen) atoms. The van der Waals surface area contributed by atoms with Crippen LogP contribution in [0.3, 0.4) is 0 Å². The molecule has 66 valence electrons. The fourth-order valence-electron chi connectivity index (χ4n) is 1.47. The molecule has 3 N–H and O–H groups in total. The van der Waals surface area contributed by atoms with Crippen LogP contribution in [0.2, 0.25) is 0 Å². The summed E-state index contributed by atoms with van der Waals surface area (Å²) in [7, 11) is 0. The van der Waals surface area contributed by atoms with Gasteiger partial charge in [-0.05, 0) is 0 Å². The first kappa shape index (κ1) is 6.67. The Balaban J connectivity index is 2.30. The molecule has 6 heteroatoms. The molecule has 0 saturated heterocycles. The van der Waals surface area contributed by atoms with E-state index in [1.165, 1.54) is 0 Å². The number of imidazole rings is 2. The van der Waals surface area contributed by atoms with Gasteiger partial charge in [0.15, 0.2) is 11.6 Å². The molecule has 1 aliphatic rings. The summed E-state index contributed by atoms with van der Waals surface area (Å²) in [6.45, 7) is 0. The van der Waals surface area contributed by atoms with E-state index in [9.17, 15) is 5.11 Å². The fraction of sp³-hybridized carbons (Fsp3) is 0.143. The van der Waals surface area contributed by atoms with Crippen LogP contribution in [0, 0.1) is 0 Å². The lowest BCUT2D eigenvalue weighted by atomic mass is 10.3. The second kappa shape index (κ2) is 2.11. The monoisotopic (exact) mass is 177 g/mol. The standard InChI is InChI=1S/C7H7N5O/c13-7-11-5-4(9-3-10-5)6-8-1-2-12(6)7/h1-3,7,11,13H,(H,9,10). The Kier molecular flexibility index (Phi) is 1.08.